The Morgan fingerprint density at radius 2 is 1.88 bits per heavy atom. The van der Waals surface area contributed by atoms with E-state index < -0.39 is 0 Å². The first kappa shape index (κ1) is 17.2. The lowest BCUT2D eigenvalue weighted by Crippen LogP contribution is -2.15. The third-order valence-electron chi connectivity index (χ3n) is 3.82. The van der Waals surface area contributed by atoms with Gasteiger partial charge < -0.3 is 9.26 Å². The zero-order valence-electron chi connectivity index (χ0n) is 13.7. The van der Waals surface area contributed by atoms with Gasteiger partial charge in [-0.05, 0) is 24.1 Å². The molecule has 3 rings (SSSR count). The lowest BCUT2D eigenvalue weighted by Gasteiger charge is -2.13. The first-order valence-corrected chi connectivity index (χ1v) is 8.36. The fourth-order valence-corrected chi connectivity index (χ4v) is 2.74. The topological polar surface area (TPSA) is 65.2 Å². The van der Waals surface area contributed by atoms with Gasteiger partial charge in [0, 0.05) is 5.56 Å². The normalized spacial score (nSPS) is 11.9. The molecule has 1 aromatic heterocycles. The van der Waals surface area contributed by atoms with Gasteiger partial charge in [-0.15, -0.1) is 0 Å². The van der Waals surface area contributed by atoms with Crippen molar-refractivity contribution < 1.29 is 14.1 Å². The molecule has 6 heteroatoms. The number of halogens is 1. The summed E-state index contributed by atoms with van der Waals surface area (Å²) in [6, 6.07) is 16.8. The van der Waals surface area contributed by atoms with Gasteiger partial charge in [-0.25, -0.2) is 0 Å². The van der Waals surface area contributed by atoms with Crippen LogP contribution in [0.5, 0.6) is 0 Å². The van der Waals surface area contributed by atoms with Crippen molar-refractivity contribution in [2.24, 2.45) is 0 Å². The zero-order chi connectivity index (χ0) is 17.6. The Labute approximate surface area is 150 Å². The standard InChI is InChI=1S/C19H17ClN2O3/c1-2-14(13-8-4-3-5-9-13)19(23)24-12-17-21-18(22-25-17)15-10-6-7-11-16(15)20/h3-11,14H,2,12H2,1H3. The van der Waals surface area contributed by atoms with Crippen molar-refractivity contribution in [2.45, 2.75) is 25.9 Å². The summed E-state index contributed by atoms with van der Waals surface area (Å²) < 4.78 is 10.5. The Hall–Kier alpha value is -2.66. The maximum Gasteiger partial charge on any atom is 0.313 e. The summed E-state index contributed by atoms with van der Waals surface area (Å²) in [6.07, 6.45) is 0.650. The highest BCUT2D eigenvalue weighted by molar-refractivity contribution is 6.33. The molecule has 1 atom stereocenters. The molecular weight excluding hydrogens is 340 g/mol. The van der Waals surface area contributed by atoms with Crippen molar-refractivity contribution in [3.05, 3.63) is 71.1 Å². The maximum absolute atomic E-state index is 12.3. The third kappa shape index (κ3) is 4.06. The first-order valence-electron chi connectivity index (χ1n) is 7.98. The lowest BCUT2D eigenvalue weighted by molar-refractivity contribution is -0.147. The van der Waals surface area contributed by atoms with Crippen LogP contribution in [0, 0.1) is 0 Å². The van der Waals surface area contributed by atoms with E-state index in [0.29, 0.717) is 22.8 Å². The quantitative estimate of drug-likeness (QED) is 0.602. The summed E-state index contributed by atoms with van der Waals surface area (Å²) >= 11 is 6.12. The molecule has 0 aliphatic carbocycles. The largest absolute Gasteiger partial charge is 0.455 e. The second kappa shape index (κ2) is 7.94. The number of aromatic nitrogens is 2. The minimum Gasteiger partial charge on any atom is -0.455 e. The molecule has 0 amide bonds. The van der Waals surface area contributed by atoms with Crippen LogP contribution >= 0.6 is 11.6 Å². The van der Waals surface area contributed by atoms with Gasteiger partial charge in [0.25, 0.3) is 5.89 Å². The van der Waals surface area contributed by atoms with Crippen molar-refractivity contribution in [3.63, 3.8) is 0 Å². The van der Waals surface area contributed by atoms with E-state index in [4.69, 9.17) is 20.9 Å². The highest BCUT2D eigenvalue weighted by Crippen LogP contribution is 2.25. The Bertz CT molecular complexity index is 849. The molecule has 0 saturated carbocycles. The number of rotatable bonds is 6. The van der Waals surface area contributed by atoms with Crippen LogP contribution in [0.1, 0.15) is 30.7 Å². The average molecular weight is 357 g/mol. The zero-order valence-corrected chi connectivity index (χ0v) is 14.4. The molecule has 0 bridgehead atoms. The molecule has 1 heterocycles. The molecule has 0 radical (unpaired) electrons. The van der Waals surface area contributed by atoms with Crippen molar-refractivity contribution in [1.82, 2.24) is 10.1 Å². The second-order valence-electron chi connectivity index (χ2n) is 5.47. The van der Waals surface area contributed by atoms with Gasteiger partial charge in [-0.3, -0.25) is 4.79 Å². The molecule has 5 nitrogen and oxygen atoms in total. The van der Waals surface area contributed by atoms with Crippen LogP contribution in [0.4, 0.5) is 0 Å². The predicted octanol–water partition coefficient (Wildman–Crippen LogP) is 4.63. The highest BCUT2D eigenvalue weighted by atomic mass is 35.5. The van der Waals surface area contributed by atoms with Crippen LogP contribution in [-0.2, 0) is 16.1 Å². The first-order chi connectivity index (χ1) is 12.2. The van der Waals surface area contributed by atoms with Crippen LogP contribution in [0.2, 0.25) is 5.02 Å². The van der Waals surface area contributed by atoms with Gasteiger partial charge in [0.2, 0.25) is 5.82 Å². The molecule has 25 heavy (non-hydrogen) atoms. The number of carbonyl (C=O) groups excluding carboxylic acids is 1. The van der Waals surface area contributed by atoms with Gasteiger partial charge in [0.1, 0.15) is 0 Å². The van der Waals surface area contributed by atoms with Gasteiger partial charge in [-0.2, -0.15) is 4.98 Å². The third-order valence-corrected chi connectivity index (χ3v) is 4.15. The van der Waals surface area contributed by atoms with Crippen LogP contribution in [-0.4, -0.2) is 16.1 Å². The monoisotopic (exact) mass is 356 g/mol. The predicted molar refractivity (Wildman–Crippen MR) is 94.0 cm³/mol. The minimum absolute atomic E-state index is 0.0698. The van der Waals surface area contributed by atoms with Crippen molar-refractivity contribution in [3.8, 4) is 11.4 Å². The molecule has 0 spiro atoms. The Morgan fingerprint density at radius 1 is 1.16 bits per heavy atom. The number of ether oxygens (including phenoxy) is 1. The molecular formula is C19H17ClN2O3. The van der Waals surface area contributed by atoms with Crippen molar-refractivity contribution in [2.75, 3.05) is 0 Å². The lowest BCUT2D eigenvalue weighted by atomic mass is 9.97. The number of benzene rings is 2. The van der Waals surface area contributed by atoms with E-state index in [-0.39, 0.29) is 24.4 Å². The molecule has 0 fully saturated rings. The summed E-state index contributed by atoms with van der Waals surface area (Å²) in [6.45, 7) is 1.88. The van der Waals surface area contributed by atoms with E-state index in [2.05, 4.69) is 10.1 Å². The maximum atomic E-state index is 12.3. The van der Waals surface area contributed by atoms with Gasteiger partial charge >= 0.3 is 5.97 Å². The number of nitrogens with zero attached hydrogens (tertiary/aromatic N) is 2. The number of esters is 1. The molecule has 2 aromatic carbocycles. The van der Waals surface area contributed by atoms with Crippen molar-refractivity contribution >= 4 is 17.6 Å². The molecule has 3 aromatic rings. The van der Waals surface area contributed by atoms with E-state index in [0.717, 1.165) is 5.56 Å². The fourth-order valence-electron chi connectivity index (χ4n) is 2.52. The van der Waals surface area contributed by atoms with Gasteiger partial charge in [-0.1, -0.05) is 66.1 Å². The number of carbonyl (C=O) groups is 1. The summed E-state index contributed by atoms with van der Waals surface area (Å²) in [5.74, 6) is -0.0312. The second-order valence-corrected chi connectivity index (χ2v) is 5.88. The molecule has 0 aliphatic rings. The van der Waals surface area contributed by atoms with Gasteiger partial charge in [0.15, 0.2) is 6.61 Å². The molecule has 0 N–H and O–H groups in total. The van der Waals surface area contributed by atoms with Crippen LogP contribution < -0.4 is 0 Å². The summed E-state index contributed by atoms with van der Waals surface area (Å²) in [5, 5.41) is 4.42. The van der Waals surface area contributed by atoms with E-state index in [9.17, 15) is 4.79 Å². The van der Waals surface area contributed by atoms with E-state index in [1.54, 1.807) is 12.1 Å². The number of hydrogen-bond donors (Lipinski definition) is 0. The van der Waals surface area contributed by atoms with E-state index in [1.165, 1.54) is 0 Å². The fraction of sp³-hybridized carbons (Fsp3) is 0.211. The molecule has 0 aliphatic heterocycles. The smallest absolute Gasteiger partial charge is 0.313 e. The Morgan fingerprint density at radius 3 is 2.60 bits per heavy atom. The Kier molecular flexibility index (Phi) is 5.46. The van der Waals surface area contributed by atoms with Crippen molar-refractivity contribution in [1.29, 1.82) is 0 Å². The molecule has 0 saturated heterocycles. The summed E-state index contributed by atoms with van der Waals surface area (Å²) in [5.41, 5.74) is 1.60. The minimum atomic E-state index is -0.314. The van der Waals surface area contributed by atoms with Crippen LogP contribution in [0.15, 0.2) is 59.1 Å². The number of hydrogen-bond acceptors (Lipinski definition) is 5. The van der Waals surface area contributed by atoms with E-state index >= 15 is 0 Å². The average Bonchev–Trinajstić information content (AvgIpc) is 3.11. The molecule has 128 valence electrons. The van der Waals surface area contributed by atoms with Crippen LogP contribution in [0.3, 0.4) is 0 Å². The van der Waals surface area contributed by atoms with E-state index in [1.807, 2.05) is 49.4 Å². The summed E-state index contributed by atoms with van der Waals surface area (Å²) in [7, 11) is 0. The van der Waals surface area contributed by atoms with Gasteiger partial charge in [0.05, 0.1) is 10.9 Å². The Balaban J connectivity index is 1.66. The SMILES string of the molecule is CCC(C(=O)OCc1nc(-c2ccccc2Cl)no1)c1ccccc1. The molecule has 1 unspecified atom stereocenters. The van der Waals surface area contributed by atoms with Crippen LogP contribution in [0.25, 0.3) is 11.4 Å². The summed E-state index contributed by atoms with van der Waals surface area (Å²) in [4.78, 5) is 16.6. The highest BCUT2D eigenvalue weighted by Gasteiger charge is 2.21.